The van der Waals surface area contributed by atoms with Crippen LogP contribution in [-0.4, -0.2) is 4.98 Å². The standard InChI is InChI=1S/C16H20ClN/c1-10(2)7-16-14(11(3)4)9-12-8-13(17)5-6-15(12)18-16/h5-6,8-11H,7H2,1-4H3. The first kappa shape index (κ1) is 13.4. The van der Waals surface area contributed by atoms with Crippen LogP contribution in [0.15, 0.2) is 24.3 Å². The van der Waals surface area contributed by atoms with Gasteiger partial charge in [0.2, 0.25) is 0 Å². The number of rotatable bonds is 3. The maximum absolute atomic E-state index is 6.05. The summed E-state index contributed by atoms with van der Waals surface area (Å²) in [6, 6.07) is 8.15. The molecule has 1 aromatic carbocycles. The van der Waals surface area contributed by atoms with Gasteiger partial charge >= 0.3 is 0 Å². The SMILES string of the molecule is CC(C)Cc1nc2ccc(Cl)cc2cc1C(C)C. The second-order valence-electron chi connectivity index (χ2n) is 5.61. The van der Waals surface area contributed by atoms with Crippen LogP contribution in [0, 0.1) is 5.92 Å². The highest BCUT2D eigenvalue weighted by Crippen LogP contribution is 2.26. The third-order valence-corrected chi connectivity index (χ3v) is 3.35. The van der Waals surface area contributed by atoms with E-state index in [1.807, 2.05) is 18.2 Å². The zero-order valence-electron chi connectivity index (χ0n) is 11.5. The quantitative estimate of drug-likeness (QED) is 0.739. The lowest BCUT2D eigenvalue weighted by molar-refractivity contribution is 0.627. The zero-order valence-corrected chi connectivity index (χ0v) is 12.3. The summed E-state index contributed by atoms with van der Waals surface area (Å²) in [4.78, 5) is 4.82. The summed E-state index contributed by atoms with van der Waals surface area (Å²) in [6.45, 7) is 8.91. The molecular formula is C16H20ClN. The zero-order chi connectivity index (χ0) is 13.3. The molecule has 1 aromatic heterocycles. The van der Waals surface area contributed by atoms with E-state index in [9.17, 15) is 0 Å². The van der Waals surface area contributed by atoms with Gasteiger partial charge in [0.25, 0.3) is 0 Å². The van der Waals surface area contributed by atoms with E-state index < -0.39 is 0 Å². The largest absolute Gasteiger partial charge is 0.253 e. The van der Waals surface area contributed by atoms with Crippen molar-refractivity contribution >= 4 is 22.5 Å². The molecule has 0 saturated heterocycles. The van der Waals surface area contributed by atoms with Crippen molar-refractivity contribution in [1.82, 2.24) is 4.98 Å². The van der Waals surface area contributed by atoms with Crippen LogP contribution in [0.1, 0.15) is 44.9 Å². The number of nitrogens with zero attached hydrogens (tertiary/aromatic N) is 1. The molecule has 0 aliphatic carbocycles. The van der Waals surface area contributed by atoms with Crippen molar-refractivity contribution in [2.24, 2.45) is 5.92 Å². The van der Waals surface area contributed by atoms with E-state index in [1.165, 1.54) is 11.3 Å². The van der Waals surface area contributed by atoms with E-state index in [0.717, 1.165) is 22.3 Å². The molecule has 1 nitrogen and oxygen atoms in total. The number of hydrogen-bond donors (Lipinski definition) is 0. The van der Waals surface area contributed by atoms with Gasteiger partial charge in [0.15, 0.2) is 0 Å². The summed E-state index contributed by atoms with van der Waals surface area (Å²) in [7, 11) is 0. The van der Waals surface area contributed by atoms with E-state index in [2.05, 4.69) is 33.8 Å². The van der Waals surface area contributed by atoms with Crippen LogP contribution in [-0.2, 0) is 6.42 Å². The second kappa shape index (κ2) is 5.27. The predicted octanol–water partition coefficient (Wildman–Crippen LogP) is 5.21. The van der Waals surface area contributed by atoms with Gasteiger partial charge in [-0.3, -0.25) is 4.98 Å². The van der Waals surface area contributed by atoms with Crippen molar-refractivity contribution in [3.8, 4) is 0 Å². The Morgan fingerprint density at radius 2 is 1.83 bits per heavy atom. The second-order valence-corrected chi connectivity index (χ2v) is 6.05. The molecule has 0 fully saturated rings. The number of halogens is 1. The minimum Gasteiger partial charge on any atom is -0.253 e. The maximum atomic E-state index is 6.05. The fraction of sp³-hybridized carbons (Fsp3) is 0.438. The number of aromatic nitrogens is 1. The van der Waals surface area contributed by atoms with Crippen molar-refractivity contribution in [2.75, 3.05) is 0 Å². The van der Waals surface area contributed by atoms with Crippen molar-refractivity contribution < 1.29 is 0 Å². The Hall–Kier alpha value is -1.08. The van der Waals surface area contributed by atoms with Gasteiger partial charge in [0, 0.05) is 16.1 Å². The molecule has 0 aliphatic heterocycles. The lowest BCUT2D eigenvalue weighted by Gasteiger charge is -2.15. The van der Waals surface area contributed by atoms with Gasteiger partial charge in [-0.15, -0.1) is 0 Å². The third-order valence-electron chi connectivity index (χ3n) is 3.11. The van der Waals surface area contributed by atoms with E-state index >= 15 is 0 Å². The molecule has 0 N–H and O–H groups in total. The number of fused-ring (bicyclic) bond motifs is 1. The third kappa shape index (κ3) is 2.84. The van der Waals surface area contributed by atoms with Crippen LogP contribution >= 0.6 is 11.6 Å². The fourth-order valence-corrected chi connectivity index (χ4v) is 2.43. The Labute approximate surface area is 114 Å². The van der Waals surface area contributed by atoms with E-state index in [4.69, 9.17) is 16.6 Å². The summed E-state index contributed by atoms with van der Waals surface area (Å²) in [6.07, 6.45) is 1.03. The lowest BCUT2D eigenvalue weighted by atomic mass is 9.94. The molecule has 18 heavy (non-hydrogen) atoms. The van der Waals surface area contributed by atoms with E-state index in [-0.39, 0.29) is 0 Å². The fourth-order valence-electron chi connectivity index (χ4n) is 2.25. The Bertz CT molecular complexity index is 558. The van der Waals surface area contributed by atoms with Crippen LogP contribution in [0.3, 0.4) is 0 Å². The van der Waals surface area contributed by atoms with Gasteiger partial charge in [-0.2, -0.15) is 0 Å². The normalized spacial score (nSPS) is 11.7. The summed E-state index contributed by atoms with van der Waals surface area (Å²) in [5.41, 5.74) is 3.62. The molecule has 0 aliphatic rings. The molecule has 0 radical (unpaired) electrons. The molecule has 0 bridgehead atoms. The highest BCUT2D eigenvalue weighted by Gasteiger charge is 2.11. The molecule has 2 heteroatoms. The summed E-state index contributed by atoms with van der Waals surface area (Å²) >= 11 is 6.05. The first-order valence-electron chi connectivity index (χ1n) is 6.56. The topological polar surface area (TPSA) is 12.9 Å². The average molecular weight is 262 g/mol. The molecule has 2 aromatic rings. The molecule has 2 rings (SSSR count). The molecule has 1 heterocycles. The Kier molecular flexibility index (Phi) is 3.91. The number of hydrogen-bond acceptors (Lipinski definition) is 1. The summed E-state index contributed by atoms with van der Waals surface area (Å²) < 4.78 is 0. The van der Waals surface area contributed by atoms with E-state index in [0.29, 0.717) is 11.8 Å². The van der Waals surface area contributed by atoms with Gasteiger partial charge in [0.1, 0.15) is 0 Å². The molecule has 0 unspecified atom stereocenters. The molecule has 0 saturated carbocycles. The smallest absolute Gasteiger partial charge is 0.0706 e. The molecule has 96 valence electrons. The summed E-state index contributed by atoms with van der Waals surface area (Å²) in [5, 5.41) is 1.91. The van der Waals surface area contributed by atoms with Crippen molar-refractivity contribution in [1.29, 1.82) is 0 Å². The van der Waals surface area contributed by atoms with Crippen LogP contribution in [0.5, 0.6) is 0 Å². The average Bonchev–Trinajstić information content (AvgIpc) is 2.27. The minimum atomic E-state index is 0.495. The highest BCUT2D eigenvalue weighted by molar-refractivity contribution is 6.31. The van der Waals surface area contributed by atoms with Gasteiger partial charge in [-0.05, 0) is 48.1 Å². The van der Waals surface area contributed by atoms with Crippen molar-refractivity contribution in [2.45, 2.75) is 40.0 Å². The van der Waals surface area contributed by atoms with Crippen LogP contribution in [0.25, 0.3) is 10.9 Å². The van der Waals surface area contributed by atoms with Gasteiger partial charge in [-0.1, -0.05) is 39.3 Å². The van der Waals surface area contributed by atoms with Gasteiger partial charge in [-0.25, -0.2) is 0 Å². The molecule has 0 spiro atoms. The van der Waals surface area contributed by atoms with Crippen LogP contribution < -0.4 is 0 Å². The highest BCUT2D eigenvalue weighted by atomic mass is 35.5. The van der Waals surface area contributed by atoms with Crippen LogP contribution in [0.2, 0.25) is 5.02 Å². The Balaban J connectivity index is 2.60. The monoisotopic (exact) mass is 261 g/mol. The molecule has 0 amide bonds. The maximum Gasteiger partial charge on any atom is 0.0706 e. The van der Waals surface area contributed by atoms with Gasteiger partial charge < -0.3 is 0 Å². The Morgan fingerprint density at radius 3 is 2.44 bits per heavy atom. The summed E-state index contributed by atoms with van der Waals surface area (Å²) in [5.74, 6) is 1.12. The first-order valence-corrected chi connectivity index (χ1v) is 6.94. The first-order chi connectivity index (χ1) is 8.47. The minimum absolute atomic E-state index is 0.495. The van der Waals surface area contributed by atoms with Crippen LogP contribution in [0.4, 0.5) is 0 Å². The molecular weight excluding hydrogens is 242 g/mol. The van der Waals surface area contributed by atoms with Gasteiger partial charge in [0.05, 0.1) is 5.52 Å². The van der Waals surface area contributed by atoms with E-state index in [1.54, 1.807) is 0 Å². The van der Waals surface area contributed by atoms with Crippen molar-refractivity contribution in [3.05, 3.63) is 40.5 Å². The molecule has 0 atom stereocenters. The number of pyridine rings is 1. The predicted molar refractivity (Wildman–Crippen MR) is 79.4 cm³/mol. The lowest BCUT2D eigenvalue weighted by Crippen LogP contribution is -2.04. The number of benzene rings is 1. The Morgan fingerprint density at radius 1 is 1.11 bits per heavy atom. The van der Waals surface area contributed by atoms with Crippen molar-refractivity contribution in [3.63, 3.8) is 0 Å².